The summed E-state index contributed by atoms with van der Waals surface area (Å²) >= 11 is 3.25. The van der Waals surface area contributed by atoms with Crippen molar-refractivity contribution in [2.24, 2.45) is 0 Å². The molecule has 3 aromatic rings. The van der Waals surface area contributed by atoms with Crippen molar-refractivity contribution in [3.63, 3.8) is 0 Å². The van der Waals surface area contributed by atoms with Crippen LogP contribution in [0.15, 0.2) is 47.6 Å². The van der Waals surface area contributed by atoms with Crippen LogP contribution in [-0.4, -0.2) is 16.7 Å². The van der Waals surface area contributed by atoms with Crippen LogP contribution in [0.5, 0.6) is 0 Å². The van der Waals surface area contributed by atoms with Gasteiger partial charge in [0.1, 0.15) is 0 Å². The summed E-state index contributed by atoms with van der Waals surface area (Å²) in [5, 5.41) is 4.13. The smallest absolute Gasteiger partial charge is 0.265 e. The molecule has 5 heteroatoms. The molecule has 1 N–H and O–H groups in total. The average molecular weight is 328 g/mol. The van der Waals surface area contributed by atoms with E-state index in [1.807, 2.05) is 36.6 Å². The summed E-state index contributed by atoms with van der Waals surface area (Å²) < 4.78 is 3.47. The van der Waals surface area contributed by atoms with E-state index >= 15 is 0 Å². The highest BCUT2D eigenvalue weighted by Crippen LogP contribution is 2.38. The zero-order chi connectivity index (χ0) is 15.1. The second-order valence-corrected chi connectivity index (χ2v) is 7.51. The van der Waals surface area contributed by atoms with Crippen molar-refractivity contribution < 1.29 is 4.79 Å². The second-order valence-electron chi connectivity index (χ2n) is 5.55. The van der Waals surface area contributed by atoms with Crippen molar-refractivity contribution >= 4 is 44.8 Å². The lowest BCUT2D eigenvalue weighted by Crippen LogP contribution is -2.09. The zero-order valence-electron chi connectivity index (χ0n) is 12.2. The maximum atomic E-state index is 12.4. The van der Waals surface area contributed by atoms with Gasteiger partial charge in [0.15, 0.2) is 0 Å². The number of fused-ring (bicyclic) bond motifs is 1. The van der Waals surface area contributed by atoms with Gasteiger partial charge >= 0.3 is 0 Å². The van der Waals surface area contributed by atoms with E-state index in [9.17, 15) is 4.79 Å². The first kappa shape index (κ1) is 13.9. The quantitative estimate of drug-likeness (QED) is 0.683. The van der Waals surface area contributed by atoms with Crippen molar-refractivity contribution in [3.05, 3.63) is 47.6 Å². The Hall–Kier alpha value is -1.72. The molecule has 4 rings (SSSR count). The molecule has 0 unspecified atom stereocenters. The van der Waals surface area contributed by atoms with Gasteiger partial charge in [-0.3, -0.25) is 4.79 Å². The van der Waals surface area contributed by atoms with Gasteiger partial charge in [-0.1, -0.05) is 0 Å². The number of hydrogen-bond donors (Lipinski definition) is 1. The molecule has 112 valence electrons. The van der Waals surface area contributed by atoms with E-state index in [1.54, 1.807) is 23.1 Å². The Labute approximate surface area is 137 Å². The number of benzene rings is 1. The number of nitrogens with one attached hydrogen (secondary N) is 1. The number of rotatable bonds is 4. The molecule has 3 nitrogen and oxygen atoms in total. The van der Waals surface area contributed by atoms with Gasteiger partial charge in [-0.15, -0.1) is 23.1 Å². The number of nitrogens with zero attached hydrogens (tertiary/aromatic N) is 1. The van der Waals surface area contributed by atoms with Gasteiger partial charge in [0.05, 0.1) is 9.58 Å². The van der Waals surface area contributed by atoms with Crippen LogP contribution in [0.1, 0.15) is 28.6 Å². The molecule has 1 fully saturated rings. The SMILES string of the molecule is CSc1ccc(NC(=O)c2cc3cn(C4CC4)cc3s2)cc1. The molecule has 1 saturated carbocycles. The Morgan fingerprint density at radius 2 is 2.05 bits per heavy atom. The Bertz CT molecular complexity index is 797. The van der Waals surface area contributed by atoms with Crippen LogP contribution in [0.25, 0.3) is 10.1 Å². The summed E-state index contributed by atoms with van der Waals surface area (Å²) in [6.07, 6.45) is 8.93. The van der Waals surface area contributed by atoms with Crippen LogP contribution in [-0.2, 0) is 0 Å². The minimum absolute atomic E-state index is 0.0314. The largest absolute Gasteiger partial charge is 0.349 e. The summed E-state index contributed by atoms with van der Waals surface area (Å²) in [6, 6.07) is 10.6. The van der Waals surface area contributed by atoms with Gasteiger partial charge in [0.2, 0.25) is 0 Å². The highest BCUT2D eigenvalue weighted by Gasteiger charge is 2.24. The lowest BCUT2D eigenvalue weighted by atomic mass is 10.3. The highest BCUT2D eigenvalue weighted by atomic mass is 32.2. The number of thioether (sulfide) groups is 1. The average Bonchev–Trinajstić information content (AvgIpc) is 3.18. The zero-order valence-corrected chi connectivity index (χ0v) is 13.8. The fourth-order valence-electron chi connectivity index (χ4n) is 2.52. The minimum Gasteiger partial charge on any atom is -0.349 e. The Balaban J connectivity index is 1.52. The van der Waals surface area contributed by atoms with E-state index in [-0.39, 0.29) is 5.91 Å². The van der Waals surface area contributed by atoms with Crippen LogP contribution in [0.3, 0.4) is 0 Å². The summed E-state index contributed by atoms with van der Waals surface area (Å²) in [5.41, 5.74) is 0.837. The van der Waals surface area contributed by atoms with Gasteiger partial charge in [0.25, 0.3) is 5.91 Å². The molecule has 2 aromatic heterocycles. The predicted octanol–water partition coefficient (Wildman–Crippen LogP) is 5.01. The number of carbonyl (C=O) groups is 1. The first-order valence-corrected chi connectivity index (χ1v) is 9.33. The number of anilines is 1. The second kappa shape index (κ2) is 5.48. The lowest BCUT2D eigenvalue weighted by Gasteiger charge is -2.04. The Morgan fingerprint density at radius 3 is 2.68 bits per heavy atom. The van der Waals surface area contributed by atoms with Gasteiger partial charge < -0.3 is 9.88 Å². The van der Waals surface area contributed by atoms with E-state index < -0.39 is 0 Å². The van der Waals surface area contributed by atoms with Crippen molar-refractivity contribution in [3.8, 4) is 0 Å². The molecule has 0 bridgehead atoms. The molecule has 1 aromatic carbocycles. The topological polar surface area (TPSA) is 34.0 Å². The first-order valence-electron chi connectivity index (χ1n) is 7.29. The molecule has 1 aliphatic carbocycles. The van der Waals surface area contributed by atoms with Gasteiger partial charge in [-0.05, 0) is 49.4 Å². The molecule has 2 heterocycles. The third-order valence-electron chi connectivity index (χ3n) is 3.89. The third kappa shape index (κ3) is 2.66. The van der Waals surface area contributed by atoms with Gasteiger partial charge in [-0.2, -0.15) is 0 Å². The van der Waals surface area contributed by atoms with E-state index in [4.69, 9.17) is 0 Å². The maximum Gasteiger partial charge on any atom is 0.265 e. The molecular weight excluding hydrogens is 312 g/mol. The summed E-state index contributed by atoms with van der Waals surface area (Å²) in [6.45, 7) is 0. The van der Waals surface area contributed by atoms with Gasteiger partial charge in [0, 0.05) is 34.4 Å². The molecule has 1 aliphatic rings. The Kier molecular flexibility index (Phi) is 3.47. The highest BCUT2D eigenvalue weighted by molar-refractivity contribution is 7.98. The van der Waals surface area contributed by atoms with Crippen LogP contribution < -0.4 is 5.32 Å². The number of amides is 1. The molecule has 0 atom stereocenters. The normalized spacial score (nSPS) is 14.4. The fraction of sp³-hybridized carbons (Fsp3) is 0.235. The van der Waals surface area contributed by atoms with Crippen molar-refractivity contribution in [1.82, 2.24) is 4.57 Å². The number of thiophene rings is 1. The molecule has 0 saturated heterocycles. The lowest BCUT2D eigenvalue weighted by molar-refractivity contribution is 0.103. The van der Waals surface area contributed by atoms with Crippen molar-refractivity contribution in [2.75, 3.05) is 11.6 Å². The number of aromatic nitrogens is 1. The fourth-order valence-corrected chi connectivity index (χ4v) is 3.90. The third-order valence-corrected chi connectivity index (χ3v) is 5.71. The summed E-state index contributed by atoms with van der Waals surface area (Å²) in [4.78, 5) is 14.3. The predicted molar refractivity (Wildman–Crippen MR) is 94.3 cm³/mol. The van der Waals surface area contributed by atoms with Crippen LogP contribution in [0.2, 0.25) is 0 Å². The van der Waals surface area contributed by atoms with E-state index in [1.165, 1.54) is 27.8 Å². The van der Waals surface area contributed by atoms with Crippen molar-refractivity contribution in [2.45, 2.75) is 23.8 Å². The molecule has 0 aliphatic heterocycles. The molecule has 1 amide bonds. The monoisotopic (exact) mass is 328 g/mol. The summed E-state index contributed by atoms with van der Waals surface area (Å²) in [7, 11) is 0. The van der Waals surface area contributed by atoms with E-state index in [2.05, 4.69) is 22.3 Å². The van der Waals surface area contributed by atoms with Crippen molar-refractivity contribution in [1.29, 1.82) is 0 Å². The molecular formula is C17H16N2OS2. The van der Waals surface area contributed by atoms with Crippen LogP contribution in [0.4, 0.5) is 5.69 Å². The van der Waals surface area contributed by atoms with Crippen LogP contribution >= 0.6 is 23.1 Å². The maximum absolute atomic E-state index is 12.4. The first-order chi connectivity index (χ1) is 10.7. The minimum atomic E-state index is -0.0314. The van der Waals surface area contributed by atoms with E-state index in [0.717, 1.165) is 10.6 Å². The molecule has 22 heavy (non-hydrogen) atoms. The number of hydrogen-bond acceptors (Lipinski definition) is 3. The molecule has 0 radical (unpaired) electrons. The standard InChI is InChI=1S/C17H16N2OS2/c1-21-14-6-2-12(3-7-14)18-17(20)15-8-11-9-19(13-4-5-13)10-16(11)22-15/h2-3,6-10,13H,4-5H2,1H3,(H,18,20). The van der Waals surface area contributed by atoms with Crippen LogP contribution in [0, 0.1) is 0 Å². The summed E-state index contributed by atoms with van der Waals surface area (Å²) in [5.74, 6) is -0.0314. The van der Waals surface area contributed by atoms with Gasteiger partial charge in [-0.25, -0.2) is 0 Å². The van der Waals surface area contributed by atoms with E-state index in [0.29, 0.717) is 6.04 Å². The Morgan fingerprint density at radius 1 is 1.27 bits per heavy atom. The number of carbonyl (C=O) groups excluding carboxylic acids is 1. The molecule has 0 spiro atoms.